The fourth-order valence-electron chi connectivity index (χ4n) is 4.70. The van der Waals surface area contributed by atoms with Crippen molar-refractivity contribution in [2.24, 2.45) is 11.3 Å². The molecule has 1 aromatic heterocycles. The Labute approximate surface area is 173 Å². The number of para-hydroxylation sites is 1. The number of nitrogens with zero attached hydrogens (tertiary/aromatic N) is 1. The first-order chi connectivity index (χ1) is 14.1. The Hall–Kier alpha value is -2.27. The van der Waals surface area contributed by atoms with Crippen molar-refractivity contribution in [1.29, 1.82) is 0 Å². The Bertz CT molecular complexity index is 836. The van der Waals surface area contributed by atoms with Crippen LogP contribution in [0, 0.1) is 11.3 Å². The second-order valence-corrected chi connectivity index (χ2v) is 8.47. The Morgan fingerprint density at radius 1 is 1.21 bits per heavy atom. The maximum atomic E-state index is 12.7. The zero-order valence-electron chi connectivity index (χ0n) is 17.6. The summed E-state index contributed by atoms with van der Waals surface area (Å²) in [4.78, 5) is 15.1. The molecular weight excluding hydrogens is 364 g/mol. The van der Waals surface area contributed by atoms with E-state index in [4.69, 9.17) is 9.15 Å². The molecule has 1 aliphatic carbocycles. The van der Waals surface area contributed by atoms with Gasteiger partial charge in [-0.1, -0.05) is 25.1 Å². The summed E-state index contributed by atoms with van der Waals surface area (Å²) in [6.45, 7) is 5.75. The number of piperidine rings is 1. The number of rotatable bonds is 8. The molecule has 1 N–H and O–H groups in total. The van der Waals surface area contributed by atoms with Gasteiger partial charge in [0.2, 0.25) is 5.91 Å². The maximum Gasteiger partial charge on any atom is 0.223 e. The molecule has 1 aromatic carbocycles. The Balaban J connectivity index is 1.21. The first kappa shape index (κ1) is 20.0. The Morgan fingerprint density at radius 2 is 1.97 bits per heavy atom. The molecule has 1 saturated heterocycles. The molecule has 1 saturated carbocycles. The summed E-state index contributed by atoms with van der Waals surface area (Å²) in [6, 6.07) is 12.2. The van der Waals surface area contributed by atoms with Gasteiger partial charge in [0.25, 0.3) is 0 Å². The summed E-state index contributed by atoms with van der Waals surface area (Å²) in [5.74, 6) is 3.42. The number of ether oxygens (including phenoxy) is 1. The molecule has 1 unspecified atom stereocenters. The number of aryl methyl sites for hydroxylation is 1. The van der Waals surface area contributed by atoms with Crippen LogP contribution in [0.4, 0.5) is 0 Å². The van der Waals surface area contributed by atoms with Crippen molar-refractivity contribution < 1.29 is 13.9 Å². The van der Waals surface area contributed by atoms with Gasteiger partial charge in [-0.05, 0) is 68.0 Å². The third-order valence-corrected chi connectivity index (χ3v) is 6.69. The number of benzene rings is 1. The molecule has 0 bridgehead atoms. The molecule has 5 heteroatoms. The summed E-state index contributed by atoms with van der Waals surface area (Å²) in [5, 5.41) is 3.15. The first-order valence-corrected chi connectivity index (χ1v) is 10.8. The summed E-state index contributed by atoms with van der Waals surface area (Å²) in [7, 11) is 1.69. The van der Waals surface area contributed by atoms with E-state index >= 15 is 0 Å². The Morgan fingerprint density at radius 3 is 2.69 bits per heavy atom. The number of likely N-dealkylation sites (tertiary alicyclic amines) is 1. The largest absolute Gasteiger partial charge is 0.496 e. The molecule has 1 amide bonds. The van der Waals surface area contributed by atoms with E-state index in [0.29, 0.717) is 6.54 Å². The standard InChI is InChI=1S/C24H32N2O3/c1-3-19-8-9-20(29-19)17-26-14-11-24(12-15-26)16-21(24)23(27)25-13-10-18-6-4-5-7-22(18)28-2/h4-9,21H,3,10-17H2,1-2H3,(H,25,27). The van der Waals surface area contributed by atoms with Crippen molar-refractivity contribution in [3.63, 3.8) is 0 Å². The molecular formula is C24H32N2O3. The van der Waals surface area contributed by atoms with Crippen LogP contribution < -0.4 is 10.1 Å². The van der Waals surface area contributed by atoms with E-state index in [1.165, 1.54) is 0 Å². The highest BCUT2D eigenvalue weighted by molar-refractivity contribution is 5.82. The molecule has 0 radical (unpaired) electrons. The van der Waals surface area contributed by atoms with Crippen LogP contribution >= 0.6 is 0 Å². The molecule has 5 nitrogen and oxygen atoms in total. The van der Waals surface area contributed by atoms with Gasteiger partial charge in [-0.15, -0.1) is 0 Å². The second kappa shape index (κ2) is 8.62. The number of methoxy groups -OCH3 is 1. The van der Waals surface area contributed by atoms with Crippen LogP contribution in [0.3, 0.4) is 0 Å². The molecule has 4 rings (SSSR count). The lowest BCUT2D eigenvalue weighted by molar-refractivity contribution is -0.123. The molecule has 2 fully saturated rings. The van der Waals surface area contributed by atoms with Gasteiger partial charge in [-0.25, -0.2) is 0 Å². The average Bonchev–Trinajstić information content (AvgIpc) is 3.26. The van der Waals surface area contributed by atoms with Crippen molar-refractivity contribution in [3.8, 4) is 5.75 Å². The molecule has 2 aliphatic rings. The second-order valence-electron chi connectivity index (χ2n) is 8.47. The van der Waals surface area contributed by atoms with E-state index in [1.54, 1.807) is 7.11 Å². The van der Waals surface area contributed by atoms with Gasteiger partial charge in [0.15, 0.2) is 0 Å². The van der Waals surface area contributed by atoms with Crippen molar-refractivity contribution >= 4 is 5.91 Å². The Kier molecular flexibility index (Phi) is 5.95. The number of amides is 1. The number of carbonyl (C=O) groups is 1. The monoisotopic (exact) mass is 396 g/mol. The zero-order valence-corrected chi connectivity index (χ0v) is 17.6. The molecule has 1 spiro atoms. The molecule has 2 aromatic rings. The highest BCUT2D eigenvalue weighted by atomic mass is 16.5. The topological polar surface area (TPSA) is 54.7 Å². The van der Waals surface area contributed by atoms with Crippen LogP contribution in [0.25, 0.3) is 0 Å². The summed E-state index contributed by atoms with van der Waals surface area (Å²) >= 11 is 0. The van der Waals surface area contributed by atoms with Crippen LogP contribution in [0.2, 0.25) is 0 Å². The third-order valence-electron chi connectivity index (χ3n) is 6.69. The van der Waals surface area contributed by atoms with Gasteiger partial charge >= 0.3 is 0 Å². The van der Waals surface area contributed by atoms with Gasteiger partial charge in [0, 0.05) is 18.9 Å². The quantitative estimate of drug-likeness (QED) is 0.737. The van der Waals surface area contributed by atoms with Crippen molar-refractivity contribution in [2.45, 2.75) is 45.6 Å². The fourth-order valence-corrected chi connectivity index (χ4v) is 4.70. The van der Waals surface area contributed by atoms with Crippen LogP contribution in [0.5, 0.6) is 5.75 Å². The van der Waals surface area contributed by atoms with Crippen LogP contribution in [-0.4, -0.2) is 37.6 Å². The van der Waals surface area contributed by atoms with E-state index < -0.39 is 0 Å². The van der Waals surface area contributed by atoms with Crippen LogP contribution in [0.1, 0.15) is 43.3 Å². The number of nitrogens with one attached hydrogen (secondary N) is 1. The fraction of sp³-hybridized carbons (Fsp3) is 0.542. The number of carbonyl (C=O) groups excluding carboxylic acids is 1. The maximum absolute atomic E-state index is 12.7. The van der Waals surface area contributed by atoms with E-state index in [1.807, 2.05) is 18.2 Å². The number of hydrogen-bond acceptors (Lipinski definition) is 4. The summed E-state index contributed by atoms with van der Waals surface area (Å²) < 4.78 is 11.2. The summed E-state index contributed by atoms with van der Waals surface area (Å²) in [5.41, 5.74) is 1.38. The van der Waals surface area contributed by atoms with Crippen molar-refractivity contribution in [3.05, 3.63) is 53.5 Å². The van der Waals surface area contributed by atoms with E-state index in [-0.39, 0.29) is 17.2 Å². The predicted molar refractivity (Wildman–Crippen MR) is 113 cm³/mol. The number of hydrogen-bond donors (Lipinski definition) is 1. The molecule has 1 atom stereocenters. The van der Waals surface area contributed by atoms with Gasteiger partial charge in [0.05, 0.1) is 13.7 Å². The molecule has 29 heavy (non-hydrogen) atoms. The average molecular weight is 397 g/mol. The SMILES string of the molecule is CCc1ccc(CN2CCC3(CC2)CC3C(=O)NCCc2ccccc2OC)o1. The van der Waals surface area contributed by atoms with E-state index in [9.17, 15) is 4.79 Å². The lowest BCUT2D eigenvalue weighted by Crippen LogP contribution is -2.37. The van der Waals surface area contributed by atoms with Gasteiger partial charge in [0.1, 0.15) is 17.3 Å². The summed E-state index contributed by atoms with van der Waals surface area (Å²) in [6.07, 6.45) is 5.00. The lowest BCUT2D eigenvalue weighted by Gasteiger charge is -2.32. The van der Waals surface area contributed by atoms with Gasteiger partial charge in [-0.3, -0.25) is 9.69 Å². The lowest BCUT2D eigenvalue weighted by atomic mass is 9.90. The van der Waals surface area contributed by atoms with Gasteiger partial charge < -0.3 is 14.5 Å². The van der Waals surface area contributed by atoms with Crippen molar-refractivity contribution in [2.75, 3.05) is 26.7 Å². The van der Waals surface area contributed by atoms with Crippen LogP contribution in [-0.2, 0) is 24.2 Å². The normalized spacial score (nSPS) is 20.6. The molecule has 1 aliphatic heterocycles. The molecule has 2 heterocycles. The smallest absolute Gasteiger partial charge is 0.223 e. The minimum absolute atomic E-state index is 0.192. The predicted octanol–water partition coefficient (Wildman–Crippen LogP) is 3.81. The first-order valence-electron chi connectivity index (χ1n) is 10.8. The highest BCUT2D eigenvalue weighted by Crippen LogP contribution is 2.59. The van der Waals surface area contributed by atoms with Crippen LogP contribution in [0.15, 0.2) is 40.8 Å². The van der Waals surface area contributed by atoms with E-state index in [0.717, 1.165) is 74.6 Å². The number of furan rings is 1. The highest BCUT2D eigenvalue weighted by Gasteiger charge is 2.58. The third kappa shape index (κ3) is 4.50. The van der Waals surface area contributed by atoms with Gasteiger partial charge in [-0.2, -0.15) is 0 Å². The van der Waals surface area contributed by atoms with E-state index in [2.05, 4.69) is 35.3 Å². The zero-order chi connectivity index (χ0) is 20.3. The molecule has 156 valence electrons. The minimum Gasteiger partial charge on any atom is -0.496 e. The minimum atomic E-state index is 0.192. The van der Waals surface area contributed by atoms with Crippen molar-refractivity contribution in [1.82, 2.24) is 10.2 Å².